The van der Waals surface area contributed by atoms with E-state index in [9.17, 15) is 0 Å². The van der Waals surface area contributed by atoms with Crippen LogP contribution in [0.25, 0.3) is 0 Å². The van der Waals surface area contributed by atoms with Crippen molar-refractivity contribution in [1.29, 1.82) is 0 Å². The topological polar surface area (TPSA) is 12.4 Å². The van der Waals surface area contributed by atoms with E-state index in [1.165, 1.54) is 74.6 Å². The fourth-order valence-electron chi connectivity index (χ4n) is 4.91. The van der Waals surface area contributed by atoms with Crippen LogP contribution in [0.3, 0.4) is 0 Å². The molecular weight excluding hydrogens is 465 g/mol. The third-order valence-electron chi connectivity index (χ3n) is 7.59. The third kappa shape index (κ3) is 12.2. The van der Waals surface area contributed by atoms with Crippen molar-refractivity contribution in [1.82, 2.24) is 0 Å². The summed E-state index contributed by atoms with van der Waals surface area (Å²) in [5.41, 5.74) is 6.41. The van der Waals surface area contributed by atoms with Crippen molar-refractivity contribution in [2.45, 2.75) is 150 Å². The van der Waals surface area contributed by atoms with Crippen LogP contribution in [0.4, 0.5) is 0 Å². The van der Waals surface area contributed by atoms with E-state index in [0.717, 1.165) is 23.4 Å². The summed E-state index contributed by atoms with van der Waals surface area (Å²) in [4.78, 5) is 0. The van der Waals surface area contributed by atoms with Gasteiger partial charge in [-0.1, -0.05) is 116 Å². The number of hydrogen-bond donors (Lipinski definition) is 0. The number of allylic oxidation sites excluding steroid dienone is 7. The summed E-state index contributed by atoms with van der Waals surface area (Å²) < 4.78 is 5.68. The number of nitrogens with zero attached hydrogens (tertiary/aromatic N) is 1. The molecule has 0 radical (unpaired) electrons. The zero-order valence-corrected chi connectivity index (χ0v) is 27.0. The molecule has 34 heavy (non-hydrogen) atoms. The first kappa shape index (κ1) is 36.1. The standard InChI is InChI=1S/C23H44NP.C8H14.Ti/c1-7-10-15-20(4)25(21(5)16-11-8-2,22(6)17-12-9-3)24-23-18-13-14-19-23;1-5-7(3)8(4)6-2;/h13-14,18,20-22H,7-12,15-17,19H2,1-6H3;5-6H,1-4H3;. The minimum Gasteiger partial charge on any atom is -0.271 e. The predicted octanol–water partition coefficient (Wildman–Crippen LogP) is 11.7. The van der Waals surface area contributed by atoms with Gasteiger partial charge < -0.3 is 0 Å². The molecule has 0 aromatic rings. The van der Waals surface area contributed by atoms with Gasteiger partial charge in [0.25, 0.3) is 0 Å². The fraction of sp³-hybridized carbons (Fsp3) is 0.742. The minimum atomic E-state index is -1.39. The number of hydrogen-bond acceptors (Lipinski definition) is 1. The molecule has 0 aromatic heterocycles. The van der Waals surface area contributed by atoms with Gasteiger partial charge in [-0.25, -0.2) is 0 Å². The SMILES string of the molecule is CC=C(C)C(C)=CC.CCCCC(C)P(=NC1=CC=CC1)(C(C)CCCC)C(C)CCCC.[Ti]. The van der Waals surface area contributed by atoms with Gasteiger partial charge in [-0.3, -0.25) is 4.74 Å². The summed E-state index contributed by atoms with van der Waals surface area (Å²) in [6, 6.07) is 0. The summed E-state index contributed by atoms with van der Waals surface area (Å²) in [7, 11) is -1.39. The minimum absolute atomic E-state index is 0. The van der Waals surface area contributed by atoms with Gasteiger partial charge in [0, 0.05) is 33.8 Å². The van der Waals surface area contributed by atoms with Crippen molar-refractivity contribution in [3.8, 4) is 0 Å². The van der Waals surface area contributed by atoms with Gasteiger partial charge in [-0.15, -0.1) is 0 Å². The van der Waals surface area contributed by atoms with Crippen LogP contribution >= 0.6 is 7.05 Å². The monoisotopic (exact) mass is 523 g/mol. The van der Waals surface area contributed by atoms with E-state index < -0.39 is 7.05 Å². The smallest absolute Gasteiger partial charge is 0.0425 e. The van der Waals surface area contributed by atoms with Crippen molar-refractivity contribution < 1.29 is 21.7 Å². The van der Waals surface area contributed by atoms with Crippen LogP contribution in [-0.2, 0) is 21.7 Å². The second-order valence-corrected chi connectivity index (χ2v) is 14.5. The molecule has 0 spiro atoms. The van der Waals surface area contributed by atoms with Gasteiger partial charge in [-0.2, -0.15) is 0 Å². The van der Waals surface area contributed by atoms with Gasteiger partial charge >= 0.3 is 0 Å². The van der Waals surface area contributed by atoms with Crippen LogP contribution in [0.5, 0.6) is 0 Å². The summed E-state index contributed by atoms with van der Waals surface area (Å²) in [6.07, 6.45) is 24.1. The molecule has 1 rings (SSSR count). The molecule has 1 aliphatic carbocycles. The van der Waals surface area contributed by atoms with Gasteiger partial charge in [0.15, 0.2) is 0 Å². The van der Waals surface area contributed by atoms with Gasteiger partial charge in [0.1, 0.15) is 0 Å². The second kappa shape index (κ2) is 21.0. The van der Waals surface area contributed by atoms with E-state index in [1.54, 1.807) is 0 Å². The normalized spacial score (nSPS) is 18.1. The average Bonchev–Trinajstić information content (AvgIpc) is 3.35. The largest absolute Gasteiger partial charge is 0.271 e. The van der Waals surface area contributed by atoms with Crippen LogP contribution in [0.2, 0.25) is 0 Å². The molecule has 0 aromatic carbocycles. The molecule has 0 bridgehead atoms. The molecular formula is C31H58NPTi. The van der Waals surface area contributed by atoms with E-state index in [4.69, 9.17) is 4.74 Å². The average molecular weight is 524 g/mol. The van der Waals surface area contributed by atoms with Crippen LogP contribution in [-0.4, -0.2) is 17.0 Å². The van der Waals surface area contributed by atoms with E-state index in [0.29, 0.717) is 0 Å². The zero-order valence-electron chi connectivity index (χ0n) is 24.6. The Labute approximate surface area is 230 Å². The maximum atomic E-state index is 5.68. The molecule has 3 atom stereocenters. The molecule has 1 nitrogen and oxygen atoms in total. The second-order valence-electron chi connectivity index (χ2n) is 10.1. The Kier molecular flexibility index (Phi) is 22.3. The Hall–Kier alpha value is -0.0957. The number of rotatable bonds is 14. The Morgan fingerprint density at radius 2 is 1.21 bits per heavy atom. The van der Waals surface area contributed by atoms with Gasteiger partial charge in [0.2, 0.25) is 0 Å². The van der Waals surface area contributed by atoms with Crippen LogP contribution < -0.4 is 0 Å². The maximum Gasteiger partial charge on any atom is 0.0425 e. The Balaban J connectivity index is 0. The first-order chi connectivity index (χ1) is 15.7. The van der Waals surface area contributed by atoms with Crippen molar-refractivity contribution in [2.75, 3.05) is 0 Å². The van der Waals surface area contributed by atoms with Crippen LogP contribution in [0.1, 0.15) is 133 Å². The van der Waals surface area contributed by atoms with E-state index in [-0.39, 0.29) is 21.7 Å². The fourth-order valence-corrected chi connectivity index (χ4v) is 10.5. The summed E-state index contributed by atoms with van der Waals surface area (Å²) in [5.74, 6) is 0. The van der Waals surface area contributed by atoms with Gasteiger partial charge in [-0.05, 0) is 77.1 Å². The van der Waals surface area contributed by atoms with Crippen LogP contribution in [0.15, 0.2) is 52.0 Å². The Morgan fingerprint density at radius 3 is 1.47 bits per heavy atom. The van der Waals surface area contributed by atoms with Crippen molar-refractivity contribution in [3.63, 3.8) is 0 Å². The molecule has 0 N–H and O–H groups in total. The van der Waals surface area contributed by atoms with Crippen LogP contribution in [0, 0.1) is 0 Å². The zero-order chi connectivity index (χ0) is 25.3. The first-order valence-corrected chi connectivity index (χ1v) is 15.9. The van der Waals surface area contributed by atoms with Crippen molar-refractivity contribution in [2.24, 2.45) is 4.74 Å². The molecule has 0 amide bonds. The van der Waals surface area contributed by atoms with Gasteiger partial charge in [0.05, 0.1) is 0 Å². The Bertz CT molecular complexity index is 639. The summed E-state index contributed by atoms with van der Waals surface area (Å²) >= 11 is 0. The molecule has 0 fully saturated rings. The molecule has 1 aliphatic rings. The molecule has 0 saturated carbocycles. The molecule has 0 saturated heterocycles. The molecule has 3 heteroatoms. The van der Waals surface area contributed by atoms with E-state index >= 15 is 0 Å². The van der Waals surface area contributed by atoms with E-state index in [2.05, 4.69) is 99.6 Å². The predicted molar refractivity (Wildman–Crippen MR) is 157 cm³/mol. The molecule has 3 unspecified atom stereocenters. The van der Waals surface area contributed by atoms with E-state index in [1.807, 2.05) is 0 Å². The quantitative estimate of drug-likeness (QED) is 0.122. The summed E-state index contributed by atoms with van der Waals surface area (Å²) in [6.45, 7) is 23.0. The molecule has 0 heterocycles. The maximum absolute atomic E-state index is 5.68. The first-order valence-electron chi connectivity index (χ1n) is 14.0. The summed E-state index contributed by atoms with van der Waals surface area (Å²) in [5, 5.41) is 0. The molecule has 0 aliphatic heterocycles. The third-order valence-corrected chi connectivity index (χ3v) is 13.2. The van der Waals surface area contributed by atoms with Crippen molar-refractivity contribution in [3.05, 3.63) is 47.2 Å². The number of unbranched alkanes of at least 4 members (excludes halogenated alkanes) is 3. The molecule has 196 valence electrons. The van der Waals surface area contributed by atoms with Crippen molar-refractivity contribution >= 4 is 7.05 Å². The Morgan fingerprint density at radius 1 is 0.824 bits per heavy atom.